The van der Waals surface area contributed by atoms with E-state index in [1.165, 1.54) is 12.8 Å². The lowest BCUT2D eigenvalue weighted by Gasteiger charge is -2.09. The summed E-state index contributed by atoms with van der Waals surface area (Å²) in [7, 11) is 1.75. The zero-order valence-corrected chi connectivity index (χ0v) is 16.0. The van der Waals surface area contributed by atoms with Gasteiger partial charge in [0.05, 0.1) is 12.7 Å². The molecule has 5 nitrogen and oxygen atoms in total. The molecule has 1 aliphatic carbocycles. The predicted molar refractivity (Wildman–Crippen MR) is 106 cm³/mol. The van der Waals surface area contributed by atoms with Crippen molar-refractivity contribution in [3.63, 3.8) is 0 Å². The number of terminal acetylenes is 1. The van der Waals surface area contributed by atoms with Crippen molar-refractivity contribution in [2.45, 2.75) is 39.4 Å². The highest BCUT2D eigenvalue weighted by molar-refractivity contribution is 5.89. The first-order chi connectivity index (χ1) is 12.5. The van der Waals surface area contributed by atoms with Crippen LogP contribution in [0.25, 0.3) is 0 Å². The van der Waals surface area contributed by atoms with Gasteiger partial charge in [0.1, 0.15) is 6.61 Å². The van der Waals surface area contributed by atoms with Gasteiger partial charge < -0.3 is 20.1 Å². The standard InChI is InChI=1S/C15H20N2O2.C6H10O/c1-4-9-19-11-13-5-7-14(8-6-13)17-15(18)16-10-12(2)3;1-7-6-4-2-3-5-6/h1,5-8,12H,9-11H2,2-3H3,(H2,16,17,18);2,4,6H,3,5H2,1H3. The van der Waals surface area contributed by atoms with Gasteiger partial charge in [0, 0.05) is 19.3 Å². The summed E-state index contributed by atoms with van der Waals surface area (Å²) < 4.78 is 10.2. The first kappa shape index (κ1) is 21.8. The van der Waals surface area contributed by atoms with Gasteiger partial charge in [-0.1, -0.05) is 44.1 Å². The fourth-order valence-electron chi connectivity index (χ4n) is 2.19. The highest BCUT2D eigenvalue weighted by atomic mass is 16.5. The summed E-state index contributed by atoms with van der Waals surface area (Å²) in [5, 5.41) is 5.56. The normalized spacial score (nSPS) is 15.1. The van der Waals surface area contributed by atoms with Gasteiger partial charge in [-0.25, -0.2) is 4.79 Å². The Bertz CT molecular complexity index is 588. The minimum absolute atomic E-state index is 0.190. The number of carbonyl (C=O) groups is 1. The summed E-state index contributed by atoms with van der Waals surface area (Å²) in [6.45, 7) is 5.53. The number of amides is 2. The third-order valence-corrected chi connectivity index (χ3v) is 3.61. The fraction of sp³-hybridized carbons (Fsp3) is 0.476. The van der Waals surface area contributed by atoms with Crippen molar-refractivity contribution in [2.24, 2.45) is 5.92 Å². The summed E-state index contributed by atoms with van der Waals surface area (Å²) >= 11 is 0. The number of allylic oxidation sites excluding steroid dienone is 1. The molecule has 26 heavy (non-hydrogen) atoms. The summed E-state index contributed by atoms with van der Waals surface area (Å²) in [5.41, 5.74) is 1.77. The second-order valence-electron chi connectivity index (χ2n) is 6.40. The number of urea groups is 1. The molecule has 2 N–H and O–H groups in total. The number of nitrogens with one attached hydrogen (secondary N) is 2. The summed E-state index contributed by atoms with van der Waals surface area (Å²) in [5.74, 6) is 2.84. The van der Waals surface area contributed by atoms with Gasteiger partial charge in [-0.2, -0.15) is 0 Å². The summed E-state index contributed by atoms with van der Waals surface area (Å²) in [6.07, 6.45) is 12.2. The number of methoxy groups -OCH3 is 1. The van der Waals surface area contributed by atoms with Crippen molar-refractivity contribution in [3.8, 4) is 12.3 Å². The molecule has 0 aromatic heterocycles. The van der Waals surface area contributed by atoms with Crippen LogP contribution in [-0.2, 0) is 16.1 Å². The Balaban J connectivity index is 0.000000401. The lowest BCUT2D eigenvalue weighted by atomic mass is 10.2. The number of ether oxygens (including phenoxy) is 2. The lowest BCUT2D eigenvalue weighted by Crippen LogP contribution is -2.31. The molecular weight excluding hydrogens is 328 g/mol. The molecule has 142 valence electrons. The van der Waals surface area contributed by atoms with Crippen molar-refractivity contribution in [1.82, 2.24) is 5.32 Å². The molecule has 0 saturated heterocycles. The Hall–Kier alpha value is -2.29. The molecule has 0 aliphatic heterocycles. The van der Waals surface area contributed by atoms with Crippen molar-refractivity contribution >= 4 is 11.7 Å². The van der Waals surface area contributed by atoms with E-state index in [1.807, 2.05) is 38.1 Å². The van der Waals surface area contributed by atoms with E-state index in [9.17, 15) is 4.79 Å². The molecule has 0 spiro atoms. The Morgan fingerprint density at radius 2 is 2.08 bits per heavy atom. The number of carbonyl (C=O) groups excluding carboxylic acids is 1. The smallest absolute Gasteiger partial charge is 0.319 e. The average molecular weight is 358 g/mol. The minimum atomic E-state index is -0.190. The van der Waals surface area contributed by atoms with Crippen LogP contribution in [0.4, 0.5) is 10.5 Å². The van der Waals surface area contributed by atoms with Gasteiger partial charge in [-0.3, -0.25) is 0 Å². The minimum Gasteiger partial charge on any atom is -0.377 e. The maximum Gasteiger partial charge on any atom is 0.319 e. The Labute approximate surface area is 157 Å². The van der Waals surface area contributed by atoms with E-state index in [1.54, 1.807) is 7.11 Å². The van der Waals surface area contributed by atoms with Crippen LogP contribution >= 0.6 is 0 Å². The zero-order chi connectivity index (χ0) is 19.2. The van der Waals surface area contributed by atoms with E-state index >= 15 is 0 Å². The largest absolute Gasteiger partial charge is 0.377 e. The molecule has 5 heteroatoms. The number of hydrogen-bond donors (Lipinski definition) is 2. The lowest BCUT2D eigenvalue weighted by molar-refractivity contribution is 0.141. The number of anilines is 1. The topological polar surface area (TPSA) is 59.6 Å². The summed E-state index contributed by atoms with van der Waals surface area (Å²) in [4.78, 5) is 11.5. The average Bonchev–Trinajstić information content (AvgIpc) is 3.16. The van der Waals surface area contributed by atoms with Crippen LogP contribution in [0.1, 0.15) is 32.3 Å². The Kier molecular flexibility index (Phi) is 10.9. The highest BCUT2D eigenvalue weighted by Gasteiger charge is 2.05. The van der Waals surface area contributed by atoms with Crippen LogP contribution < -0.4 is 10.6 Å². The van der Waals surface area contributed by atoms with Gasteiger partial charge in [-0.15, -0.1) is 6.42 Å². The van der Waals surface area contributed by atoms with Crippen LogP contribution in [0, 0.1) is 18.3 Å². The molecule has 2 rings (SSSR count). The number of hydrogen-bond acceptors (Lipinski definition) is 3. The van der Waals surface area contributed by atoms with Gasteiger partial charge in [0.2, 0.25) is 0 Å². The van der Waals surface area contributed by atoms with Crippen LogP contribution in [0.15, 0.2) is 36.4 Å². The molecule has 1 aromatic rings. The van der Waals surface area contributed by atoms with E-state index in [0.717, 1.165) is 11.3 Å². The first-order valence-corrected chi connectivity index (χ1v) is 8.89. The fourth-order valence-corrected chi connectivity index (χ4v) is 2.19. The maximum atomic E-state index is 11.5. The SMILES string of the molecule is C#CCOCc1ccc(NC(=O)NCC(C)C)cc1.COC1C=CCC1. The van der Waals surface area contributed by atoms with Crippen LogP contribution in [0.5, 0.6) is 0 Å². The van der Waals surface area contributed by atoms with Gasteiger partial charge in [-0.05, 0) is 36.5 Å². The van der Waals surface area contributed by atoms with Crippen molar-refractivity contribution in [3.05, 3.63) is 42.0 Å². The molecule has 0 heterocycles. The molecule has 1 atom stereocenters. The molecule has 1 aliphatic rings. The summed E-state index contributed by atoms with van der Waals surface area (Å²) in [6, 6.07) is 7.28. The Morgan fingerprint density at radius 1 is 1.35 bits per heavy atom. The van der Waals surface area contributed by atoms with Crippen LogP contribution in [-0.4, -0.2) is 32.4 Å². The molecule has 0 bridgehead atoms. The third kappa shape index (κ3) is 9.87. The highest BCUT2D eigenvalue weighted by Crippen LogP contribution is 2.11. The monoisotopic (exact) mass is 358 g/mol. The molecule has 2 amide bonds. The van der Waals surface area contributed by atoms with Gasteiger partial charge in [0.25, 0.3) is 0 Å². The molecule has 1 unspecified atom stereocenters. The number of benzene rings is 1. The van der Waals surface area contributed by atoms with E-state index in [-0.39, 0.29) is 6.03 Å². The third-order valence-electron chi connectivity index (χ3n) is 3.61. The zero-order valence-electron chi connectivity index (χ0n) is 16.0. The van der Waals surface area contributed by atoms with Crippen molar-refractivity contribution < 1.29 is 14.3 Å². The molecule has 0 radical (unpaired) electrons. The first-order valence-electron chi connectivity index (χ1n) is 8.89. The van der Waals surface area contributed by atoms with E-state index < -0.39 is 0 Å². The quantitative estimate of drug-likeness (QED) is 0.440. The van der Waals surface area contributed by atoms with Crippen molar-refractivity contribution in [1.29, 1.82) is 0 Å². The molecule has 1 aromatic carbocycles. The Morgan fingerprint density at radius 3 is 2.58 bits per heavy atom. The number of rotatable bonds is 7. The van der Waals surface area contributed by atoms with Crippen LogP contribution in [0.3, 0.4) is 0 Å². The maximum absolute atomic E-state index is 11.5. The van der Waals surface area contributed by atoms with E-state index in [4.69, 9.17) is 15.9 Å². The molecule has 0 fully saturated rings. The molecular formula is C21H30N2O3. The second-order valence-corrected chi connectivity index (χ2v) is 6.40. The second kappa shape index (κ2) is 13.0. The van der Waals surface area contributed by atoms with E-state index in [0.29, 0.717) is 31.8 Å². The molecule has 0 saturated carbocycles. The van der Waals surface area contributed by atoms with E-state index in [2.05, 4.69) is 28.7 Å². The van der Waals surface area contributed by atoms with Gasteiger partial charge >= 0.3 is 6.03 Å². The van der Waals surface area contributed by atoms with Crippen LogP contribution in [0.2, 0.25) is 0 Å². The van der Waals surface area contributed by atoms with Crippen molar-refractivity contribution in [2.75, 3.05) is 25.6 Å². The van der Waals surface area contributed by atoms with Gasteiger partial charge in [0.15, 0.2) is 0 Å². The predicted octanol–water partition coefficient (Wildman–Crippen LogP) is 3.97.